The van der Waals surface area contributed by atoms with Crippen LogP contribution in [0.25, 0.3) is 11.3 Å². The molecule has 0 amide bonds. The summed E-state index contributed by atoms with van der Waals surface area (Å²) in [4.78, 5) is 16.6. The summed E-state index contributed by atoms with van der Waals surface area (Å²) in [6.07, 6.45) is 6.19. The van der Waals surface area contributed by atoms with Crippen LogP contribution in [0.1, 0.15) is 28.8 Å². The summed E-state index contributed by atoms with van der Waals surface area (Å²) < 4.78 is 1.89. The van der Waals surface area contributed by atoms with E-state index in [-0.39, 0.29) is 11.7 Å². The molecule has 29 heavy (non-hydrogen) atoms. The Morgan fingerprint density at radius 3 is 2.62 bits per heavy atom. The number of thioether (sulfide) groups is 1. The molecule has 4 rings (SSSR count). The second-order valence-corrected chi connectivity index (χ2v) is 8.59. The fourth-order valence-corrected chi connectivity index (χ4v) is 4.55. The number of aryl methyl sites for hydroxylation is 1. The lowest BCUT2D eigenvalue weighted by Gasteiger charge is -2.32. The Morgan fingerprint density at radius 2 is 1.90 bits per heavy atom. The lowest BCUT2D eigenvalue weighted by atomic mass is 9.90. The average Bonchev–Trinajstić information content (AvgIpc) is 3.14. The highest BCUT2D eigenvalue weighted by Crippen LogP contribution is 2.27. The summed E-state index contributed by atoms with van der Waals surface area (Å²) in [5.74, 6) is 0.345. The molecule has 0 bridgehead atoms. The van der Waals surface area contributed by atoms with Crippen molar-refractivity contribution in [3.8, 4) is 11.3 Å². The van der Waals surface area contributed by atoms with E-state index >= 15 is 0 Å². The van der Waals surface area contributed by atoms with Gasteiger partial charge in [-0.1, -0.05) is 42.5 Å². The van der Waals surface area contributed by atoms with Crippen LogP contribution in [0.5, 0.6) is 0 Å². The van der Waals surface area contributed by atoms with Gasteiger partial charge in [-0.25, -0.2) is 0 Å². The van der Waals surface area contributed by atoms with Crippen LogP contribution < -0.4 is 0 Å². The molecule has 1 fully saturated rings. The SMILES string of the molecule is CSc1ccc(C(=O)[C@@H]2CCCN(Cc3cn(C)nc3-c3ccccc3)C2)cc1. The Morgan fingerprint density at radius 1 is 1.14 bits per heavy atom. The predicted molar refractivity (Wildman–Crippen MR) is 119 cm³/mol. The van der Waals surface area contributed by atoms with Crippen LogP contribution in [0.2, 0.25) is 0 Å². The number of hydrogen-bond donors (Lipinski definition) is 0. The van der Waals surface area contributed by atoms with E-state index in [1.54, 1.807) is 11.8 Å². The second-order valence-electron chi connectivity index (χ2n) is 7.71. The number of carbonyl (C=O) groups is 1. The van der Waals surface area contributed by atoms with Crippen molar-refractivity contribution >= 4 is 17.5 Å². The lowest BCUT2D eigenvalue weighted by molar-refractivity contribution is 0.0811. The van der Waals surface area contributed by atoms with Crippen LogP contribution in [-0.2, 0) is 13.6 Å². The molecular formula is C24H27N3OS. The van der Waals surface area contributed by atoms with E-state index in [0.717, 1.165) is 49.3 Å². The fourth-order valence-electron chi connectivity index (χ4n) is 4.14. The van der Waals surface area contributed by atoms with Gasteiger partial charge in [-0.2, -0.15) is 5.10 Å². The van der Waals surface area contributed by atoms with Gasteiger partial charge >= 0.3 is 0 Å². The van der Waals surface area contributed by atoms with Gasteiger partial charge in [0.05, 0.1) is 5.69 Å². The minimum absolute atomic E-state index is 0.0701. The summed E-state index contributed by atoms with van der Waals surface area (Å²) in [5, 5.41) is 4.69. The predicted octanol–water partition coefficient (Wildman–Crippen LogP) is 4.90. The summed E-state index contributed by atoms with van der Waals surface area (Å²) in [5.41, 5.74) is 4.23. The van der Waals surface area contributed by atoms with E-state index in [0.29, 0.717) is 0 Å². The zero-order valence-electron chi connectivity index (χ0n) is 17.0. The third-order valence-corrected chi connectivity index (χ3v) is 6.34. The van der Waals surface area contributed by atoms with Crippen molar-refractivity contribution in [1.29, 1.82) is 0 Å². The Hall–Kier alpha value is -2.37. The zero-order chi connectivity index (χ0) is 20.2. The van der Waals surface area contributed by atoms with Crippen molar-refractivity contribution in [2.24, 2.45) is 13.0 Å². The standard InChI is InChI=1S/C24H27N3OS/c1-26-15-21(23(25-26)18-7-4-3-5-8-18)17-27-14-6-9-20(16-27)24(28)19-10-12-22(29-2)13-11-19/h3-5,7-8,10-13,15,20H,6,9,14,16-17H2,1-2H3/t20-/m1/s1. The molecule has 1 aromatic heterocycles. The van der Waals surface area contributed by atoms with Crippen molar-refractivity contribution in [3.63, 3.8) is 0 Å². The first kappa shape index (κ1) is 19.9. The Labute approximate surface area is 176 Å². The van der Waals surface area contributed by atoms with Gasteiger partial charge in [0.1, 0.15) is 0 Å². The molecule has 3 aromatic rings. The Kier molecular flexibility index (Phi) is 6.16. The highest BCUT2D eigenvalue weighted by atomic mass is 32.2. The van der Waals surface area contributed by atoms with Gasteiger partial charge in [0, 0.05) is 53.8 Å². The molecule has 4 nitrogen and oxygen atoms in total. The molecule has 5 heteroatoms. The van der Waals surface area contributed by atoms with Crippen molar-refractivity contribution in [1.82, 2.24) is 14.7 Å². The highest BCUT2D eigenvalue weighted by Gasteiger charge is 2.27. The number of likely N-dealkylation sites (tertiary alicyclic amines) is 1. The molecule has 0 N–H and O–H groups in total. The molecule has 0 saturated carbocycles. The van der Waals surface area contributed by atoms with Gasteiger partial charge in [-0.05, 0) is 37.8 Å². The Balaban J connectivity index is 1.47. The monoisotopic (exact) mass is 405 g/mol. The van der Waals surface area contributed by atoms with Crippen LogP contribution in [0.15, 0.2) is 65.7 Å². The molecular weight excluding hydrogens is 378 g/mol. The number of piperidine rings is 1. The van der Waals surface area contributed by atoms with Crippen molar-refractivity contribution < 1.29 is 4.79 Å². The minimum atomic E-state index is 0.0701. The summed E-state index contributed by atoms with van der Waals surface area (Å²) >= 11 is 1.70. The summed E-state index contributed by atoms with van der Waals surface area (Å²) in [6.45, 7) is 2.66. The number of ketones is 1. The number of aromatic nitrogens is 2. The lowest BCUT2D eigenvalue weighted by Crippen LogP contribution is -2.38. The number of nitrogens with zero attached hydrogens (tertiary/aromatic N) is 3. The maximum atomic E-state index is 13.0. The number of hydrogen-bond acceptors (Lipinski definition) is 4. The molecule has 0 aliphatic carbocycles. The molecule has 2 heterocycles. The van der Waals surface area contributed by atoms with E-state index in [9.17, 15) is 4.79 Å². The van der Waals surface area contributed by atoms with Gasteiger partial charge in [0.2, 0.25) is 0 Å². The normalized spacial score (nSPS) is 17.4. The van der Waals surface area contributed by atoms with Gasteiger partial charge in [0.15, 0.2) is 5.78 Å². The quantitative estimate of drug-likeness (QED) is 0.432. The second kappa shape index (κ2) is 8.97. The van der Waals surface area contributed by atoms with Crippen LogP contribution >= 0.6 is 11.8 Å². The van der Waals surface area contributed by atoms with Crippen LogP contribution in [0.4, 0.5) is 0 Å². The molecule has 0 unspecified atom stereocenters. The van der Waals surface area contributed by atoms with E-state index < -0.39 is 0 Å². The van der Waals surface area contributed by atoms with Crippen LogP contribution in [0, 0.1) is 5.92 Å². The highest BCUT2D eigenvalue weighted by molar-refractivity contribution is 7.98. The third-order valence-electron chi connectivity index (χ3n) is 5.60. The first-order valence-electron chi connectivity index (χ1n) is 10.1. The zero-order valence-corrected chi connectivity index (χ0v) is 17.9. The molecule has 0 spiro atoms. The van der Waals surface area contributed by atoms with Crippen molar-refractivity contribution in [2.75, 3.05) is 19.3 Å². The van der Waals surface area contributed by atoms with Gasteiger partial charge in [-0.3, -0.25) is 14.4 Å². The number of carbonyl (C=O) groups excluding carboxylic acids is 1. The number of benzene rings is 2. The smallest absolute Gasteiger partial charge is 0.167 e. The fraction of sp³-hybridized carbons (Fsp3) is 0.333. The summed E-state index contributed by atoms with van der Waals surface area (Å²) in [7, 11) is 1.97. The number of Topliss-reactive ketones (excluding diaryl/α,β-unsaturated/α-hetero) is 1. The van der Waals surface area contributed by atoms with Crippen LogP contribution in [0.3, 0.4) is 0 Å². The molecule has 1 aliphatic rings. The molecule has 1 atom stereocenters. The van der Waals surface area contributed by atoms with Gasteiger partial charge < -0.3 is 0 Å². The topological polar surface area (TPSA) is 38.1 Å². The van der Waals surface area contributed by atoms with Crippen molar-refractivity contribution in [3.05, 3.63) is 71.9 Å². The first-order valence-corrected chi connectivity index (χ1v) is 11.3. The molecule has 2 aromatic carbocycles. The maximum absolute atomic E-state index is 13.0. The molecule has 150 valence electrons. The summed E-state index contributed by atoms with van der Waals surface area (Å²) in [6, 6.07) is 18.4. The van der Waals surface area contributed by atoms with E-state index in [1.807, 2.05) is 54.2 Å². The van der Waals surface area contributed by atoms with E-state index in [1.165, 1.54) is 10.5 Å². The first-order chi connectivity index (χ1) is 14.1. The van der Waals surface area contributed by atoms with Crippen LogP contribution in [-0.4, -0.2) is 39.8 Å². The van der Waals surface area contributed by atoms with Gasteiger partial charge in [-0.15, -0.1) is 11.8 Å². The third kappa shape index (κ3) is 4.62. The van der Waals surface area contributed by atoms with Crippen molar-refractivity contribution in [2.45, 2.75) is 24.3 Å². The minimum Gasteiger partial charge on any atom is -0.298 e. The number of rotatable bonds is 6. The molecule has 1 saturated heterocycles. The Bertz CT molecular complexity index is 966. The maximum Gasteiger partial charge on any atom is 0.167 e. The average molecular weight is 406 g/mol. The van der Waals surface area contributed by atoms with Gasteiger partial charge in [0.25, 0.3) is 0 Å². The largest absolute Gasteiger partial charge is 0.298 e. The molecule has 0 radical (unpaired) electrons. The van der Waals surface area contributed by atoms with E-state index in [2.05, 4.69) is 34.6 Å². The van der Waals surface area contributed by atoms with E-state index in [4.69, 9.17) is 0 Å². The molecule has 1 aliphatic heterocycles.